The minimum atomic E-state index is -0.0945. The Balaban J connectivity index is 1.64. The molecular weight excluding hydrogens is 290 g/mol. The molecule has 0 bridgehead atoms. The van der Waals surface area contributed by atoms with Crippen LogP contribution in [-0.4, -0.2) is 38.4 Å². The van der Waals surface area contributed by atoms with E-state index in [4.69, 9.17) is 4.74 Å². The quantitative estimate of drug-likeness (QED) is 0.840. The predicted octanol–water partition coefficient (Wildman–Crippen LogP) is 2.60. The molecule has 0 saturated carbocycles. The largest absolute Gasteiger partial charge is 0.378 e. The first-order valence-corrected chi connectivity index (χ1v) is 8.37. The van der Waals surface area contributed by atoms with Crippen LogP contribution in [0.2, 0.25) is 0 Å². The lowest BCUT2D eigenvalue weighted by Gasteiger charge is -2.32. The number of nitrogens with one attached hydrogen (secondary N) is 2. The maximum Gasteiger partial charge on any atom is 0.315 e. The number of hydrogen-bond acceptors (Lipinski definition) is 3. The number of carbonyl (C=O) groups excluding carboxylic acids is 1. The summed E-state index contributed by atoms with van der Waals surface area (Å²) in [6, 6.07) is 8.38. The number of amides is 2. The van der Waals surface area contributed by atoms with Crippen molar-refractivity contribution < 1.29 is 9.53 Å². The zero-order chi connectivity index (χ0) is 16.1. The number of rotatable bonds is 4. The van der Waals surface area contributed by atoms with Gasteiger partial charge in [0, 0.05) is 24.8 Å². The van der Waals surface area contributed by atoms with E-state index in [2.05, 4.69) is 39.8 Å². The number of para-hydroxylation sites is 1. The van der Waals surface area contributed by atoms with Crippen molar-refractivity contribution in [2.24, 2.45) is 0 Å². The van der Waals surface area contributed by atoms with E-state index in [9.17, 15) is 4.79 Å². The molecule has 0 spiro atoms. The van der Waals surface area contributed by atoms with Crippen molar-refractivity contribution >= 4 is 11.7 Å². The van der Waals surface area contributed by atoms with Crippen LogP contribution >= 0.6 is 0 Å². The third-order valence-corrected chi connectivity index (χ3v) is 4.45. The molecule has 5 nitrogen and oxygen atoms in total. The summed E-state index contributed by atoms with van der Waals surface area (Å²) in [6.07, 6.45) is 6.07. The first kappa shape index (κ1) is 15.9. The molecule has 5 heteroatoms. The van der Waals surface area contributed by atoms with Gasteiger partial charge in [-0.2, -0.15) is 0 Å². The Morgan fingerprint density at radius 3 is 2.65 bits per heavy atom. The van der Waals surface area contributed by atoms with Crippen LogP contribution in [0.4, 0.5) is 10.5 Å². The monoisotopic (exact) mass is 315 g/mol. The van der Waals surface area contributed by atoms with Crippen molar-refractivity contribution in [3.8, 4) is 0 Å². The zero-order valence-electron chi connectivity index (χ0n) is 13.6. The van der Waals surface area contributed by atoms with Gasteiger partial charge in [-0.25, -0.2) is 4.79 Å². The summed E-state index contributed by atoms with van der Waals surface area (Å²) in [4.78, 5) is 14.5. The summed E-state index contributed by atoms with van der Waals surface area (Å²) in [5, 5.41) is 6.10. The Morgan fingerprint density at radius 1 is 1.22 bits per heavy atom. The van der Waals surface area contributed by atoms with Crippen LogP contribution in [0.1, 0.15) is 31.4 Å². The smallest absolute Gasteiger partial charge is 0.315 e. The van der Waals surface area contributed by atoms with E-state index in [1.807, 2.05) is 19.1 Å². The van der Waals surface area contributed by atoms with E-state index in [1.165, 1.54) is 5.69 Å². The molecule has 0 radical (unpaired) electrons. The van der Waals surface area contributed by atoms with Crippen LogP contribution in [0.25, 0.3) is 0 Å². The number of urea groups is 1. The summed E-state index contributed by atoms with van der Waals surface area (Å²) >= 11 is 0. The number of morpholine rings is 1. The molecule has 124 valence electrons. The highest BCUT2D eigenvalue weighted by molar-refractivity contribution is 5.75. The van der Waals surface area contributed by atoms with Gasteiger partial charge in [0.05, 0.1) is 19.3 Å². The summed E-state index contributed by atoms with van der Waals surface area (Å²) in [5.41, 5.74) is 2.33. The Morgan fingerprint density at radius 2 is 1.91 bits per heavy atom. The summed E-state index contributed by atoms with van der Waals surface area (Å²) in [7, 11) is 0. The maximum atomic E-state index is 12.2. The van der Waals surface area contributed by atoms with Crippen molar-refractivity contribution in [1.29, 1.82) is 0 Å². The van der Waals surface area contributed by atoms with Gasteiger partial charge < -0.3 is 20.3 Å². The molecule has 1 heterocycles. The van der Waals surface area contributed by atoms with Crippen LogP contribution in [0, 0.1) is 0 Å². The lowest BCUT2D eigenvalue weighted by atomic mass is 10.0. The Kier molecular flexibility index (Phi) is 5.18. The minimum absolute atomic E-state index is 0.0385. The van der Waals surface area contributed by atoms with Gasteiger partial charge in [-0.15, -0.1) is 0 Å². The molecule has 1 aliphatic carbocycles. The second kappa shape index (κ2) is 7.51. The number of benzene rings is 1. The van der Waals surface area contributed by atoms with Crippen molar-refractivity contribution in [3.05, 3.63) is 42.0 Å². The van der Waals surface area contributed by atoms with Crippen LogP contribution in [-0.2, 0) is 4.74 Å². The third kappa shape index (κ3) is 4.05. The highest BCUT2D eigenvalue weighted by Gasteiger charge is 2.20. The van der Waals surface area contributed by atoms with Gasteiger partial charge in [0.1, 0.15) is 0 Å². The van der Waals surface area contributed by atoms with Crippen LogP contribution in [0.15, 0.2) is 36.4 Å². The summed E-state index contributed by atoms with van der Waals surface area (Å²) in [5.74, 6) is 0. The van der Waals surface area contributed by atoms with Gasteiger partial charge in [0.2, 0.25) is 0 Å². The predicted molar refractivity (Wildman–Crippen MR) is 91.7 cm³/mol. The van der Waals surface area contributed by atoms with Gasteiger partial charge in [0.25, 0.3) is 0 Å². The Labute approximate surface area is 137 Å². The van der Waals surface area contributed by atoms with Crippen LogP contribution in [0.3, 0.4) is 0 Å². The lowest BCUT2D eigenvalue weighted by Crippen LogP contribution is -2.42. The van der Waals surface area contributed by atoms with Crippen molar-refractivity contribution in [2.75, 3.05) is 31.2 Å². The number of ether oxygens (including phenoxy) is 1. The standard InChI is InChI=1S/C18H25N3O2/c1-14(19-18(22)20-15-6-2-3-7-15)16-8-4-5-9-17(16)21-10-12-23-13-11-21/h2-5,8-9,14-15H,6-7,10-13H2,1H3,(H2,19,20,22). The zero-order valence-corrected chi connectivity index (χ0v) is 13.6. The molecule has 1 aliphatic heterocycles. The third-order valence-electron chi connectivity index (χ3n) is 4.45. The first-order chi connectivity index (χ1) is 11.2. The van der Waals surface area contributed by atoms with Gasteiger partial charge in [-0.05, 0) is 31.4 Å². The summed E-state index contributed by atoms with van der Waals surface area (Å²) in [6.45, 7) is 5.33. The van der Waals surface area contributed by atoms with Gasteiger partial charge in [0.15, 0.2) is 0 Å². The highest BCUT2D eigenvalue weighted by Crippen LogP contribution is 2.27. The van der Waals surface area contributed by atoms with Gasteiger partial charge >= 0.3 is 6.03 Å². The Hall–Kier alpha value is -2.01. The molecule has 1 saturated heterocycles. The minimum Gasteiger partial charge on any atom is -0.378 e. The topological polar surface area (TPSA) is 53.6 Å². The Bertz CT molecular complexity index is 559. The maximum absolute atomic E-state index is 12.2. The normalized spacial score (nSPS) is 19.6. The van der Waals surface area contributed by atoms with E-state index < -0.39 is 0 Å². The van der Waals surface area contributed by atoms with Gasteiger partial charge in [-0.1, -0.05) is 30.4 Å². The number of anilines is 1. The molecule has 1 aromatic carbocycles. The van der Waals surface area contributed by atoms with E-state index >= 15 is 0 Å². The van der Waals surface area contributed by atoms with E-state index in [0.717, 1.165) is 44.7 Å². The fourth-order valence-corrected chi connectivity index (χ4v) is 3.18. The molecule has 0 aromatic heterocycles. The molecule has 2 N–H and O–H groups in total. The van der Waals surface area contributed by atoms with Crippen molar-refractivity contribution in [3.63, 3.8) is 0 Å². The van der Waals surface area contributed by atoms with Crippen molar-refractivity contribution in [1.82, 2.24) is 10.6 Å². The van der Waals surface area contributed by atoms with Gasteiger partial charge in [-0.3, -0.25) is 0 Å². The van der Waals surface area contributed by atoms with Crippen LogP contribution < -0.4 is 15.5 Å². The highest BCUT2D eigenvalue weighted by atomic mass is 16.5. The summed E-state index contributed by atoms with van der Waals surface area (Å²) < 4.78 is 5.43. The molecule has 1 atom stereocenters. The molecule has 2 aliphatic rings. The number of nitrogens with zero attached hydrogens (tertiary/aromatic N) is 1. The molecule has 1 aromatic rings. The lowest BCUT2D eigenvalue weighted by molar-refractivity contribution is 0.122. The molecule has 2 amide bonds. The number of hydrogen-bond donors (Lipinski definition) is 2. The van der Waals surface area contributed by atoms with E-state index in [-0.39, 0.29) is 18.1 Å². The SMILES string of the molecule is CC(NC(=O)NC1CC=CC1)c1ccccc1N1CCOCC1. The molecule has 1 unspecified atom stereocenters. The van der Waals surface area contributed by atoms with E-state index in [0.29, 0.717) is 0 Å². The second-order valence-corrected chi connectivity index (χ2v) is 6.14. The first-order valence-electron chi connectivity index (χ1n) is 8.37. The number of carbonyl (C=O) groups is 1. The molecular formula is C18H25N3O2. The van der Waals surface area contributed by atoms with E-state index in [1.54, 1.807) is 0 Å². The molecule has 23 heavy (non-hydrogen) atoms. The second-order valence-electron chi connectivity index (χ2n) is 6.14. The molecule has 1 fully saturated rings. The molecule has 3 rings (SSSR count). The average molecular weight is 315 g/mol. The van der Waals surface area contributed by atoms with Crippen LogP contribution in [0.5, 0.6) is 0 Å². The van der Waals surface area contributed by atoms with Crippen molar-refractivity contribution in [2.45, 2.75) is 31.8 Å². The average Bonchev–Trinajstić information content (AvgIpc) is 3.08. The fraction of sp³-hybridized carbons (Fsp3) is 0.500. The fourth-order valence-electron chi connectivity index (χ4n) is 3.18.